The molecule has 0 saturated carbocycles. The molecule has 2 aromatic carbocycles. The Morgan fingerprint density at radius 1 is 0.654 bits per heavy atom. The lowest BCUT2D eigenvalue weighted by Crippen LogP contribution is -2.21. The van der Waals surface area contributed by atoms with Crippen molar-refractivity contribution in [3.8, 4) is 0 Å². The molecule has 2 rings (SSSR count). The zero-order valence-corrected chi connectivity index (χ0v) is 16.2. The SMILES string of the molecule is CCN(CC)c1ccc(N=Nc2ccc(N(CC)CC)cc2N)c(N)c1. The van der Waals surface area contributed by atoms with Crippen molar-refractivity contribution < 1.29 is 0 Å². The van der Waals surface area contributed by atoms with Crippen LogP contribution in [-0.4, -0.2) is 26.2 Å². The largest absolute Gasteiger partial charge is 0.397 e. The fourth-order valence-corrected chi connectivity index (χ4v) is 2.94. The van der Waals surface area contributed by atoms with Crippen molar-refractivity contribution in [2.24, 2.45) is 10.2 Å². The molecule has 0 spiro atoms. The van der Waals surface area contributed by atoms with Crippen LogP contribution in [0.1, 0.15) is 27.7 Å². The first-order valence-corrected chi connectivity index (χ1v) is 9.24. The summed E-state index contributed by atoms with van der Waals surface area (Å²) in [5, 5.41) is 8.58. The number of nitrogens with zero attached hydrogens (tertiary/aromatic N) is 4. The van der Waals surface area contributed by atoms with Crippen molar-refractivity contribution in [3.05, 3.63) is 36.4 Å². The summed E-state index contributed by atoms with van der Waals surface area (Å²) in [5.74, 6) is 0. The molecule has 0 bridgehead atoms. The standard InChI is InChI=1S/C20H30N6/c1-5-25(6-2)15-9-11-19(17(21)13-15)23-24-20-12-10-16(14-18(20)22)26(7-3)8-4/h9-14H,5-8,21-22H2,1-4H3. The Bertz CT molecular complexity index is 684. The van der Waals surface area contributed by atoms with Gasteiger partial charge in [0.15, 0.2) is 0 Å². The predicted molar refractivity (Wildman–Crippen MR) is 113 cm³/mol. The number of benzene rings is 2. The normalized spacial score (nSPS) is 11.1. The molecule has 0 fully saturated rings. The van der Waals surface area contributed by atoms with Gasteiger partial charge in [0.1, 0.15) is 11.4 Å². The van der Waals surface area contributed by atoms with Gasteiger partial charge < -0.3 is 21.3 Å². The topological polar surface area (TPSA) is 83.2 Å². The second-order valence-electron chi connectivity index (χ2n) is 6.03. The van der Waals surface area contributed by atoms with Crippen LogP contribution in [0.2, 0.25) is 0 Å². The van der Waals surface area contributed by atoms with Crippen molar-refractivity contribution in [3.63, 3.8) is 0 Å². The summed E-state index contributed by atoms with van der Waals surface area (Å²) in [5.41, 5.74) is 17.0. The Morgan fingerprint density at radius 2 is 1.00 bits per heavy atom. The highest BCUT2D eigenvalue weighted by Crippen LogP contribution is 2.32. The van der Waals surface area contributed by atoms with E-state index in [2.05, 4.69) is 47.7 Å². The number of rotatable bonds is 8. The van der Waals surface area contributed by atoms with Gasteiger partial charge in [-0.05, 0) is 64.1 Å². The van der Waals surface area contributed by atoms with Gasteiger partial charge in [0.25, 0.3) is 0 Å². The highest BCUT2D eigenvalue weighted by atomic mass is 15.1. The van der Waals surface area contributed by atoms with Gasteiger partial charge in [-0.15, -0.1) is 10.2 Å². The van der Waals surface area contributed by atoms with Crippen LogP contribution in [0.15, 0.2) is 46.6 Å². The summed E-state index contributed by atoms with van der Waals surface area (Å²) in [6.07, 6.45) is 0. The van der Waals surface area contributed by atoms with E-state index in [0.29, 0.717) is 22.7 Å². The number of hydrogen-bond donors (Lipinski definition) is 2. The molecular formula is C20H30N6. The Morgan fingerprint density at radius 3 is 1.27 bits per heavy atom. The Kier molecular flexibility index (Phi) is 6.83. The lowest BCUT2D eigenvalue weighted by molar-refractivity contribution is 0.866. The lowest BCUT2D eigenvalue weighted by atomic mass is 10.2. The molecular weight excluding hydrogens is 324 g/mol. The monoisotopic (exact) mass is 354 g/mol. The van der Waals surface area contributed by atoms with Crippen molar-refractivity contribution in [1.82, 2.24) is 0 Å². The average Bonchev–Trinajstić information content (AvgIpc) is 2.64. The molecule has 2 aromatic rings. The van der Waals surface area contributed by atoms with Gasteiger partial charge in [-0.1, -0.05) is 0 Å². The fourth-order valence-electron chi connectivity index (χ4n) is 2.94. The molecule has 4 N–H and O–H groups in total. The van der Waals surface area contributed by atoms with E-state index in [1.54, 1.807) is 0 Å². The molecule has 140 valence electrons. The summed E-state index contributed by atoms with van der Waals surface area (Å²) < 4.78 is 0. The Balaban J connectivity index is 2.22. The van der Waals surface area contributed by atoms with Gasteiger partial charge in [-0.3, -0.25) is 0 Å². The fraction of sp³-hybridized carbons (Fsp3) is 0.400. The minimum Gasteiger partial charge on any atom is -0.397 e. The third kappa shape index (κ3) is 4.45. The van der Waals surface area contributed by atoms with E-state index in [1.807, 2.05) is 36.4 Å². The van der Waals surface area contributed by atoms with Gasteiger partial charge in [0.2, 0.25) is 0 Å². The first-order valence-electron chi connectivity index (χ1n) is 9.24. The molecule has 0 atom stereocenters. The molecule has 0 aromatic heterocycles. The van der Waals surface area contributed by atoms with Crippen molar-refractivity contribution in [2.75, 3.05) is 47.4 Å². The lowest BCUT2D eigenvalue weighted by Gasteiger charge is -2.21. The third-order valence-corrected chi connectivity index (χ3v) is 4.54. The third-order valence-electron chi connectivity index (χ3n) is 4.54. The van der Waals surface area contributed by atoms with Crippen molar-refractivity contribution in [1.29, 1.82) is 0 Å². The molecule has 0 heterocycles. The maximum atomic E-state index is 6.15. The second-order valence-corrected chi connectivity index (χ2v) is 6.03. The Hall–Kier alpha value is -2.76. The highest BCUT2D eigenvalue weighted by molar-refractivity contribution is 5.71. The van der Waals surface area contributed by atoms with Gasteiger partial charge >= 0.3 is 0 Å². The first-order chi connectivity index (χ1) is 12.5. The number of anilines is 4. The van der Waals surface area contributed by atoms with E-state index in [1.165, 1.54) is 0 Å². The number of hydrogen-bond acceptors (Lipinski definition) is 6. The maximum absolute atomic E-state index is 6.15. The van der Waals surface area contributed by atoms with Gasteiger partial charge in [0, 0.05) is 37.6 Å². The van der Waals surface area contributed by atoms with E-state index in [9.17, 15) is 0 Å². The smallest absolute Gasteiger partial charge is 0.109 e. The van der Waals surface area contributed by atoms with E-state index in [-0.39, 0.29) is 0 Å². The minimum absolute atomic E-state index is 0.608. The van der Waals surface area contributed by atoms with Gasteiger partial charge in [0.05, 0.1) is 11.4 Å². The van der Waals surface area contributed by atoms with Crippen LogP contribution >= 0.6 is 0 Å². The van der Waals surface area contributed by atoms with Gasteiger partial charge in [-0.25, -0.2) is 0 Å². The molecule has 0 aliphatic rings. The van der Waals surface area contributed by atoms with Crippen LogP contribution in [-0.2, 0) is 0 Å². The summed E-state index contributed by atoms with van der Waals surface area (Å²) in [7, 11) is 0. The molecule has 6 nitrogen and oxygen atoms in total. The van der Waals surface area contributed by atoms with Crippen LogP contribution in [0.25, 0.3) is 0 Å². The first kappa shape index (κ1) is 19.6. The molecule has 0 amide bonds. The molecule has 0 saturated heterocycles. The summed E-state index contributed by atoms with van der Waals surface area (Å²) in [6, 6.07) is 11.7. The van der Waals surface area contributed by atoms with Crippen LogP contribution in [0.3, 0.4) is 0 Å². The quantitative estimate of drug-likeness (QED) is 0.518. The van der Waals surface area contributed by atoms with Gasteiger partial charge in [-0.2, -0.15) is 0 Å². The van der Waals surface area contributed by atoms with E-state index in [0.717, 1.165) is 37.6 Å². The number of nitrogen functional groups attached to an aromatic ring is 2. The summed E-state index contributed by atoms with van der Waals surface area (Å²) in [4.78, 5) is 4.47. The van der Waals surface area contributed by atoms with Crippen LogP contribution in [0.4, 0.5) is 34.1 Å². The molecule has 0 aliphatic carbocycles. The summed E-state index contributed by atoms with van der Waals surface area (Å²) >= 11 is 0. The van der Waals surface area contributed by atoms with Crippen LogP contribution < -0.4 is 21.3 Å². The van der Waals surface area contributed by atoms with Crippen LogP contribution in [0.5, 0.6) is 0 Å². The Labute approximate surface area is 156 Å². The molecule has 26 heavy (non-hydrogen) atoms. The van der Waals surface area contributed by atoms with Crippen molar-refractivity contribution in [2.45, 2.75) is 27.7 Å². The molecule has 0 unspecified atom stereocenters. The molecule has 0 aliphatic heterocycles. The second kappa shape index (κ2) is 9.08. The van der Waals surface area contributed by atoms with E-state index in [4.69, 9.17) is 11.5 Å². The zero-order chi connectivity index (χ0) is 19.1. The highest BCUT2D eigenvalue weighted by Gasteiger charge is 2.07. The average molecular weight is 355 g/mol. The van der Waals surface area contributed by atoms with E-state index < -0.39 is 0 Å². The molecule has 6 heteroatoms. The minimum atomic E-state index is 0.608. The predicted octanol–water partition coefficient (Wildman–Crippen LogP) is 4.96. The zero-order valence-electron chi connectivity index (χ0n) is 16.2. The van der Waals surface area contributed by atoms with Crippen molar-refractivity contribution >= 4 is 34.1 Å². The van der Waals surface area contributed by atoms with Crippen LogP contribution in [0, 0.1) is 0 Å². The molecule has 0 radical (unpaired) electrons. The summed E-state index contributed by atoms with van der Waals surface area (Å²) in [6.45, 7) is 12.2. The number of azo groups is 1. The maximum Gasteiger partial charge on any atom is 0.109 e. The van der Waals surface area contributed by atoms with E-state index >= 15 is 0 Å². The number of nitrogens with two attached hydrogens (primary N) is 2.